The summed E-state index contributed by atoms with van der Waals surface area (Å²) >= 11 is 14.9. The summed E-state index contributed by atoms with van der Waals surface area (Å²) in [5.41, 5.74) is 0.808. The Hall–Kier alpha value is -0.580. The normalized spacial score (nSPS) is 10.8. The van der Waals surface area contributed by atoms with E-state index in [1.54, 1.807) is 6.07 Å². The topological polar surface area (TPSA) is 38.9 Å². The molecule has 0 aliphatic carbocycles. The monoisotopic (exact) mass is 334 g/mol. The second kappa shape index (κ2) is 5.85. The van der Waals surface area contributed by atoms with E-state index in [4.69, 9.17) is 27.6 Å². The van der Waals surface area contributed by atoms with Crippen molar-refractivity contribution in [1.29, 1.82) is 0 Å². The molecule has 17 heavy (non-hydrogen) atoms. The molecule has 0 spiro atoms. The zero-order valence-electron chi connectivity index (χ0n) is 8.79. The third-order valence-corrected chi connectivity index (χ3v) is 3.66. The Morgan fingerprint density at radius 3 is 2.82 bits per heavy atom. The molecule has 0 amide bonds. The summed E-state index contributed by atoms with van der Waals surface area (Å²) in [5.74, 6) is 1.66. The molecule has 0 aliphatic rings. The predicted octanol–water partition coefficient (Wildman–Crippen LogP) is 4.32. The van der Waals surface area contributed by atoms with Crippen LogP contribution in [0.5, 0.6) is 0 Å². The van der Waals surface area contributed by atoms with Crippen molar-refractivity contribution in [3.63, 3.8) is 0 Å². The Balaban J connectivity index is 2.21. The smallest absolute Gasteiger partial charge is 0.247 e. The van der Waals surface area contributed by atoms with Crippen molar-refractivity contribution in [3.05, 3.63) is 33.6 Å². The first kappa shape index (κ1) is 12.9. The van der Waals surface area contributed by atoms with Gasteiger partial charge in [-0.2, -0.15) is 0 Å². The second-order valence-corrected chi connectivity index (χ2v) is 5.06. The first-order valence-electron chi connectivity index (χ1n) is 5.04. The van der Waals surface area contributed by atoms with Gasteiger partial charge in [0, 0.05) is 22.3 Å². The van der Waals surface area contributed by atoms with Gasteiger partial charge < -0.3 is 4.42 Å². The molecule has 90 valence electrons. The highest BCUT2D eigenvalue weighted by Crippen LogP contribution is 2.28. The number of benzene rings is 1. The fourth-order valence-electron chi connectivity index (χ4n) is 1.32. The van der Waals surface area contributed by atoms with Crippen molar-refractivity contribution in [1.82, 2.24) is 10.2 Å². The highest BCUT2D eigenvalue weighted by atomic mass is 79.9. The summed E-state index contributed by atoms with van der Waals surface area (Å²) in [4.78, 5) is 0. The Bertz CT molecular complexity index is 516. The molecular formula is C11H9BrCl2N2O. The maximum Gasteiger partial charge on any atom is 0.247 e. The minimum absolute atomic E-state index is 0.476. The van der Waals surface area contributed by atoms with E-state index in [1.165, 1.54) is 0 Å². The highest BCUT2D eigenvalue weighted by molar-refractivity contribution is 9.10. The summed E-state index contributed by atoms with van der Waals surface area (Å²) in [6.07, 6.45) is 1.52. The average Bonchev–Trinajstić information content (AvgIpc) is 2.79. The molecule has 0 radical (unpaired) electrons. The molecule has 0 saturated heterocycles. The first-order valence-corrected chi connectivity index (χ1v) is 6.75. The quantitative estimate of drug-likeness (QED) is 0.781. The first-order chi connectivity index (χ1) is 8.20. The van der Waals surface area contributed by atoms with E-state index in [1.807, 2.05) is 12.1 Å². The van der Waals surface area contributed by atoms with Gasteiger partial charge in [0.25, 0.3) is 0 Å². The SMILES string of the molecule is ClCCCc1nnc(-c2ccc(Br)c(Cl)c2)o1. The summed E-state index contributed by atoms with van der Waals surface area (Å²) in [6, 6.07) is 5.50. The second-order valence-electron chi connectivity index (χ2n) is 3.42. The minimum Gasteiger partial charge on any atom is -0.421 e. The maximum absolute atomic E-state index is 6.00. The van der Waals surface area contributed by atoms with E-state index in [-0.39, 0.29) is 0 Å². The van der Waals surface area contributed by atoms with E-state index >= 15 is 0 Å². The lowest BCUT2D eigenvalue weighted by Crippen LogP contribution is -1.85. The molecule has 0 unspecified atom stereocenters. The molecule has 1 aromatic heterocycles. The van der Waals surface area contributed by atoms with Crippen LogP contribution in [0.1, 0.15) is 12.3 Å². The maximum atomic E-state index is 6.00. The Kier molecular flexibility index (Phi) is 4.42. The predicted molar refractivity (Wildman–Crippen MR) is 71.5 cm³/mol. The molecule has 0 fully saturated rings. The zero-order chi connectivity index (χ0) is 12.3. The van der Waals surface area contributed by atoms with Crippen LogP contribution in [-0.2, 0) is 6.42 Å². The molecule has 2 aromatic rings. The Morgan fingerprint density at radius 2 is 2.12 bits per heavy atom. The largest absolute Gasteiger partial charge is 0.421 e. The van der Waals surface area contributed by atoms with Gasteiger partial charge in [-0.25, -0.2) is 0 Å². The van der Waals surface area contributed by atoms with Crippen LogP contribution in [0.3, 0.4) is 0 Å². The summed E-state index contributed by atoms with van der Waals surface area (Å²) in [7, 11) is 0. The van der Waals surface area contributed by atoms with E-state index in [9.17, 15) is 0 Å². The van der Waals surface area contributed by atoms with E-state index in [0.29, 0.717) is 29.1 Å². The van der Waals surface area contributed by atoms with E-state index in [0.717, 1.165) is 16.5 Å². The third kappa shape index (κ3) is 3.21. The molecule has 0 atom stereocenters. The molecule has 0 aliphatic heterocycles. The zero-order valence-corrected chi connectivity index (χ0v) is 11.9. The lowest BCUT2D eigenvalue weighted by atomic mass is 10.2. The number of hydrogen-bond acceptors (Lipinski definition) is 3. The van der Waals surface area contributed by atoms with E-state index in [2.05, 4.69) is 26.1 Å². The number of aryl methyl sites for hydroxylation is 1. The van der Waals surface area contributed by atoms with Crippen LogP contribution in [-0.4, -0.2) is 16.1 Å². The fraction of sp³-hybridized carbons (Fsp3) is 0.273. The van der Waals surface area contributed by atoms with Gasteiger partial charge in [-0.05, 0) is 40.5 Å². The van der Waals surface area contributed by atoms with Crippen molar-refractivity contribution < 1.29 is 4.42 Å². The summed E-state index contributed by atoms with van der Waals surface area (Å²) in [5, 5.41) is 8.54. The molecule has 0 bridgehead atoms. The molecule has 1 aromatic carbocycles. The number of halogens is 3. The van der Waals surface area contributed by atoms with Gasteiger partial charge in [-0.15, -0.1) is 21.8 Å². The van der Waals surface area contributed by atoms with Crippen LogP contribution in [0.4, 0.5) is 0 Å². The molecule has 2 rings (SSSR count). The number of hydrogen-bond donors (Lipinski definition) is 0. The van der Waals surface area contributed by atoms with Crippen LogP contribution < -0.4 is 0 Å². The number of alkyl halides is 1. The standard InChI is InChI=1S/C11H9BrCl2N2O/c12-8-4-3-7(6-9(8)14)11-16-15-10(17-11)2-1-5-13/h3-4,6H,1-2,5H2. The summed E-state index contributed by atoms with van der Waals surface area (Å²) < 4.78 is 6.35. The lowest BCUT2D eigenvalue weighted by Gasteiger charge is -1.98. The van der Waals surface area contributed by atoms with Crippen molar-refractivity contribution in [2.75, 3.05) is 5.88 Å². The van der Waals surface area contributed by atoms with Gasteiger partial charge in [-0.1, -0.05) is 11.6 Å². The molecular weight excluding hydrogens is 327 g/mol. The molecule has 1 heterocycles. The van der Waals surface area contributed by atoms with Gasteiger partial charge in [0.2, 0.25) is 11.8 Å². The van der Waals surface area contributed by atoms with Crippen LogP contribution in [0.15, 0.2) is 27.1 Å². The van der Waals surface area contributed by atoms with Gasteiger partial charge in [0.15, 0.2) is 0 Å². The van der Waals surface area contributed by atoms with Crippen LogP contribution >= 0.6 is 39.1 Å². The number of aromatic nitrogens is 2. The molecule has 0 N–H and O–H groups in total. The van der Waals surface area contributed by atoms with Gasteiger partial charge >= 0.3 is 0 Å². The highest BCUT2D eigenvalue weighted by Gasteiger charge is 2.09. The van der Waals surface area contributed by atoms with Crippen LogP contribution in [0, 0.1) is 0 Å². The minimum atomic E-state index is 0.476. The van der Waals surface area contributed by atoms with E-state index < -0.39 is 0 Å². The average molecular weight is 336 g/mol. The van der Waals surface area contributed by atoms with Gasteiger partial charge in [-0.3, -0.25) is 0 Å². The molecule has 3 nitrogen and oxygen atoms in total. The molecule has 0 saturated carbocycles. The van der Waals surface area contributed by atoms with Gasteiger partial charge in [0.1, 0.15) is 0 Å². The van der Waals surface area contributed by atoms with Crippen molar-refractivity contribution in [2.24, 2.45) is 0 Å². The van der Waals surface area contributed by atoms with Crippen LogP contribution in [0.25, 0.3) is 11.5 Å². The summed E-state index contributed by atoms with van der Waals surface area (Å²) in [6.45, 7) is 0. The Labute approximate surface area is 117 Å². The van der Waals surface area contributed by atoms with Crippen molar-refractivity contribution in [3.8, 4) is 11.5 Å². The Morgan fingerprint density at radius 1 is 1.29 bits per heavy atom. The number of nitrogens with zero attached hydrogens (tertiary/aromatic N) is 2. The van der Waals surface area contributed by atoms with Gasteiger partial charge in [0.05, 0.1) is 5.02 Å². The molecule has 6 heteroatoms. The fourth-order valence-corrected chi connectivity index (χ4v) is 1.88. The third-order valence-electron chi connectivity index (χ3n) is 2.16. The number of rotatable bonds is 4. The van der Waals surface area contributed by atoms with Crippen molar-refractivity contribution >= 4 is 39.1 Å². The van der Waals surface area contributed by atoms with Crippen molar-refractivity contribution in [2.45, 2.75) is 12.8 Å². The lowest BCUT2D eigenvalue weighted by molar-refractivity contribution is 0.502. The van der Waals surface area contributed by atoms with Crippen LogP contribution in [0.2, 0.25) is 5.02 Å².